The van der Waals surface area contributed by atoms with Crippen molar-refractivity contribution in [2.45, 2.75) is 190 Å². The van der Waals surface area contributed by atoms with Crippen LogP contribution in [-0.2, 0) is 70.4 Å². The van der Waals surface area contributed by atoms with Crippen molar-refractivity contribution in [2.75, 3.05) is 44.7 Å². The van der Waals surface area contributed by atoms with Gasteiger partial charge in [-0.1, -0.05) is 74.5 Å². The van der Waals surface area contributed by atoms with Crippen LogP contribution in [0.5, 0.6) is 0 Å². The van der Waals surface area contributed by atoms with Gasteiger partial charge in [0.05, 0.1) is 24.7 Å². The first-order valence-corrected chi connectivity index (χ1v) is 33.7. The summed E-state index contributed by atoms with van der Waals surface area (Å²) < 4.78 is 0. The lowest BCUT2D eigenvalue weighted by Crippen LogP contribution is -2.60. The van der Waals surface area contributed by atoms with E-state index in [2.05, 4.69) is 47.9 Å². The quantitative estimate of drug-likeness (QED) is 0.0131. The molecule has 2 heterocycles. The number of nitrogens with zero attached hydrogens (tertiary/aromatic N) is 2. The highest BCUT2D eigenvalue weighted by Gasteiger charge is 2.42. The van der Waals surface area contributed by atoms with Crippen LogP contribution < -0.4 is 82.3 Å². The van der Waals surface area contributed by atoms with Crippen molar-refractivity contribution in [1.29, 1.82) is 5.41 Å². The minimum atomic E-state index is -1.64. The number of likely N-dealkylation sites (tertiary alicyclic amines) is 2. The molecule has 2 saturated heterocycles. The first kappa shape index (κ1) is 79.0. The number of primary amides is 3. The highest BCUT2D eigenvalue weighted by atomic mass is 32.2. The van der Waals surface area contributed by atoms with Crippen LogP contribution in [0, 0.1) is 11.3 Å². The Bertz CT molecular complexity index is 2900. The summed E-state index contributed by atoms with van der Waals surface area (Å²) in [4.78, 5) is 168. The number of thioether (sulfide) groups is 1. The molecule has 2 aromatic carbocycles. The Morgan fingerprint density at radius 1 is 0.589 bits per heavy atom. The van der Waals surface area contributed by atoms with Crippen LogP contribution >= 0.6 is 11.8 Å². The first-order chi connectivity index (χ1) is 45.2. The maximum Gasteiger partial charge on any atom is 0.245 e. The molecule has 31 nitrogen and oxygen atoms in total. The summed E-state index contributed by atoms with van der Waals surface area (Å²) in [5.41, 5.74) is 35.2. The summed E-state index contributed by atoms with van der Waals surface area (Å²) in [6, 6.07) is 4.91. The number of hydrogen-bond acceptors (Lipinski definition) is 18. The molecule has 95 heavy (non-hydrogen) atoms. The maximum atomic E-state index is 14.7. The van der Waals surface area contributed by atoms with Crippen molar-refractivity contribution in [3.05, 3.63) is 71.8 Å². The van der Waals surface area contributed by atoms with Gasteiger partial charge in [0.15, 0.2) is 5.96 Å². The fourth-order valence-electron chi connectivity index (χ4n) is 11.2. The second-order valence-corrected chi connectivity index (χ2v) is 25.3. The van der Waals surface area contributed by atoms with E-state index >= 15 is 0 Å². The van der Waals surface area contributed by atoms with E-state index in [9.17, 15) is 62.6 Å². The van der Waals surface area contributed by atoms with Crippen LogP contribution in [0.4, 0.5) is 0 Å². The Morgan fingerprint density at radius 3 is 1.58 bits per heavy atom. The first-order valence-electron chi connectivity index (χ1n) is 32.3. The molecule has 0 aliphatic carbocycles. The van der Waals surface area contributed by atoms with E-state index in [0.29, 0.717) is 68.4 Å². The Balaban J connectivity index is 1.56. The lowest BCUT2D eigenvalue weighted by Gasteiger charge is -2.32. The molecule has 2 fully saturated rings. The number of amides is 12. The summed E-state index contributed by atoms with van der Waals surface area (Å²) in [5.74, 6) is -9.00. The Kier molecular flexibility index (Phi) is 34.4. The van der Waals surface area contributed by atoms with Crippen molar-refractivity contribution < 1.29 is 62.6 Å². The molecular weight excluding hydrogens is 1250 g/mol. The molecule has 12 amide bonds. The minimum absolute atomic E-state index is 0.0358. The molecule has 32 heteroatoms. The van der Waals surface area contributed by atoms with Gasteiger partial charge in [0, 0.05) is 45.3 Å². The van der Waals surface area contributed by atoms with Gasteiger partial charge in [-0.15, -0.1) is 0 Å². The summed E-state index contributed by atoms with van der Waals surface area (Å²) in [5, 5.41) is 42.6. The highest BCUT2D eigenvalue weighted by molar-refractivity contribution is 7.98. The number of benzene rings is 2. The summed E-state index contributed by atoms with van der Waals surface area (Å²) >= 11 is 1.48. The molecule has 2 aromatic rings. The Hall–Kier alpha value is -8.46. The van der Waals surface area contributed by atoms with E-state index < -0.39 is 170 Å². The molecule has 0 spiro atoms. The summed E-state index contributed by atoms with van der Waals surface area (Å²) in [6.07, 6.45) is 1.96. The molecule has 2 aliphatic rings. The number of unbranched alkanes of at least 4 members (excludes halogenated alkanes) is 1. The molecule has 0 radical (unpaired) electrons. The number of aliphatic hydroxyl groups is 1. The number of aliphatic hydroxyl groups excluding tert-OH is 1. The summed E-state index contributed by atoms with van der Waals surface area (Å²) in [6.45, 7) is 4.05. The van der Waals surface area contributed by atoms with Crippen LogP contribution in [0.2, 0.25) is 0 Å². The molecule has 23 N–H and O–H groups in total. The number of nitrogens with one attached hydrogen (secondary N) is 10. The number of rotatable bonds is 43. The highest BCUT2D eigenvalue weighted by Crippen LogP contribution is 2.24. The van der Waals surface area contributed by atoms with Gasteiger partial charge >= 0.3 is 0 Å². The zero-order valence-electron chi connectivity index (χ0n) is 54.6. The van der Waals surface area contributed by atoms with E-state index in [4.69, 9.17) is 39.8 Å². The average molecular weight is 1350 g/mol. The minimum Gasteiger partial charge on any atom is -0.376 e. The van der Waals surface area contributed by atoms with Crippen LogP contribution in [0.15, 0.2) is 60.7 Å². The van der Waals surface area contributed by atoms with Crippen molar-refractivity contribution in [2.24, 2.45) is 40.3 Å². The zero-order chi connectivity index (χ0) is 70.1. The smallest absolute Gasteiger partial charge is 0.245 e. The predicted molar refractivity (Wildman–Crippen MR) is 356 cm³/mol. The monoisotopic (exact) mass is 1350 g/mol. The third kappa shape index (κ3) is 27.8. The molecule has 2 aliphatic heterocycles. The molecular formula is C63H100N18O13S. The molecule has 0 aromatic heterocycles. The zero-order valence-corrected chi connectivity index (χ0v) is 55.4. The van der Waals surface area contributed by atoms with Gasteiger partial charge in [-0.05, 0) is 119 Å². The van der Waals surface area contributed by atoms with Crippen molar-refractivity contribution >= 4 is 88.6 Å². The SMILES string of the molecule is CSCC[C@H](NC(O)[C@H](CC(C)C)NC(=O)CNC(=O)[C@H](Cc1ccccc1)NC(=O)[C@H](Cc1ccccc1)NC(=O)[C@H](CCC(N)=O)NC(=O)[C@H](CCC(N)=O)NC(=O)[C@@H]1CCCN1C(=O)[C@H](CCCCN)NC(=O)[C@@H]1CCCN1C(=O)[C@@H](N)CCCNC(=N)N)C(N)=O. The van der Waals surface area contributed by atoms with E-state index in [1.165, 1.54) is 21.6 Å². The van der Waals surface area contributed by atoms with Gasteiger partial charge in [0.25, 0.3) is 0 Å². The Morgan fingerprint density at radius 2 is 1.08 bits per heavy atom. The normalized spacial score (nSPS) is 17.3. The van der Waals surface area contributed by atoms with E-state index in [1.807, 2.05) is 20.1 Å². The van der Waals surface area contributed by atoms with Gasteiger partial charge in [-0.3, -0.25) is 68.3 Å². The second kappa shape index (κ2) is 41.4. The number of carbonyl (C=O) groups is 12. The summed E-state index contributed by atoms with van der Waals surface area (Å²) in [7, 11) is 0. The standard InChI is InChI=1S/C63H100N18O13S/c1-37(2)33-45(57(89)74-41(53(68)85)27-32-95-3)73-52(84)36-72-54(86)46(34-38-15-6-4-7-16-38)78-58(90)47(35-39-17-8-5-9-18-39)79-56(88)42(23-25-50(66)82)75-55(87)43(24-26-51(67)83)76-59(91)49-22-14-31-81(49)62(94)44(20-10-11-28-64)77-60(92)48-21-13-30-80(48)61(93)40(65)19-12-29-71-63(69)70/h4-9,15-18,37,40-49,57,74,89H,10-14,19-36,64-65H2,1-3H3,(H2,66,82)(H2,67,83)(H2,68,85)(H,72,86)(H,73,84)(H,75,87)(H,76,91)(H,77,92)(H,78,90)(H,79,88)(H4,69,70,71)/t40-,41-,42-,43-,44-,45-,46-,47-,48-,49-,57?/m0/s1. The topological polar surface area (TPSA) is 520 Å². The average Bonchev–Trinajstić information content (AvgIpc) is 1.74. The number of carbonyl (C=O) groups excluding carboxylic acids is 12. The van der Waals surface area contributed by atoms with Gasteiger partial charge in [0.1, 0.15) is 48.5 Å². The molecule has 1 unspecified atom stereocenters. The molecule has 11 atom stereocenters. The number of nitrogens with two attached hydrogens (primary N) is 6. The van der Waals surface area contributed by atoms with Gasteiger partial charge in [-0.25, -0.2) is 0 Å². The van der Waals surface area contributed by atoms with Gasteiger partial charge < -0.3 is 91.8 Å². The van der Waals surface area contributed by atoms with Crippen LogP contribution in [-0.4, -0.2) is 203 Å². The van der Waals surface area contributed by atoms with Crippen molar-refractivity contribution in [3.8, 4) is 0 Å². The van der Waals surface area contributed by atoms with Crippen LogP contribution in [0.25, 0.3) is 0 Å². The van der Waals surface area contributed by atoms with Crippen LogP contribution in [0.3, 0.4) is 0 Å². The van der Waals surface area contributed by atoms with Gasteiger partial charge in [0.2, 0.25) is 70.9 Å². The predicted octanol–water partition coefficient (Wildman–Crippen LogP) is -3.71. The number of hydrogen-bond donors (Lipinski definition) is 17. The lowest BCUT2D eigenvalue weighted by molar-refractivity contribution is -0.144. The van der Waals surface area contributed by atoms with E-state index in [0.717, 1.165) is 0 Å². The van der Waals surface area contributed by atoms with Gasteiger partial charge in [-0.2, -0.15) is 11.8 Å². The molecule has 4 rings (SSSR count). The van der Waals surface area contributed by atoms with E-state index in [-0.39, 0.29) is 70.0 Å². The van der Waals surface area contributed by atoms with Crippen LogP contribution in [0.1, 0.15) is 121 Å². The molecule has 0 bridgehead atoms. The largest absolute Gasteiger partial charge is 0.376 e. The number of guanidine groups is 1. The third-order valence-electron chi connectivity index (χ3n) is 16.2. The van der Waals surface area contributed by atoms with E-state index in [1.54, 1.807) is 60.7 Å². The third-order valence-corrected chi connectivity index (χ3v) is 16.9. The molecule has 526 valence electrons. The molecule has 0 saturated carbocycles. The maximum absolute atomic E-state index is 14.7. The fourth-order valence-corrected chi connectivity index (χ4v) is 11.7. The Labute approximate surface area is 558 Å². The van der Waals surface area contributed by atoms with Crippen molar-refractivity contribution in [1.82, 2.24) is 57.7 Å². The second-order valence-electron chi connectivity index (χ2n) is 24.3. The van der Waals surface area contributed by atoms with Crippen molar-refractivity contribution in [3.63, 3.8) is 0 Å². The fraction of sp³-hybridized carbons (Fsp3) is 0.603. The lowest BCUT2D eigenvalue weighted by atomic mass is 10.0.